The Morgan fingerprint density at radius 1 is 0.569 bits per heavy atom. The van der Waals surface area contributed by atoms with Crippen LogP contribution in [0.4, 0.5) is 5.13 Å². The molecule has 72 heavy (non-hydrogen) atoms. The minimum atomic E-state index is -0.583. The van der Waals surface area contributed by atoms with Crippen molar-refractivity contribution in [3.63, 3.8) is 0 Å². The Hall–Kier alpha value is -6.80. The number of hydrogen-bond acceptors (Lipinski definition) is 14. The van der Waals surface area contributed by atoms with Gasteiger partial charge in [0.25, 0.3) is 0 Å². The first kappa shape index (κ1) is 56.1. The SMILES string of the molecule is C=CC(=O)OCCCCCCOc1ccc(C(=O)Oc2ccc(OC(=O)c3ccc(OCCCCCCOC(=O)C=C)cc3)c(C=NN(CCCCCCCCCCCC)c3nc4ccccc4s3)c2)cc1. The molecule has 0 aliphatic rings. The summed E-state index contributed by atoms with van der Waals surface area (Å²) >= 11 is 1.56. The van der Waals surface area contributed by atoms with Gasteiger partial charge in [-0.05, 0) is 137 Å². The number of carbonyl (C=O) groups is 4. The van der Waals surface area contributed by atoms with E-state index in [1.165, 1.54) is 44.9 Å². The third-order valence-electron chi connectivity index (χ3n) is 11.6. The summed E-state index contributed by atoms with van der Waals surface area (Å²) in [5.74, 6) is -0.268. The maximum atomic E-state index is 13.7. The van der Waals surface area contributed by atoms with Crippen LogP contribution in [0.3, 0.4) is 0 Å². The number of hydrazone groups is 1. The van der Waals surface area contributed by atoms with Gasteiger partial charge < -0.3 is 28.4 Å². The van der Waals surface area contributed by atoms with E-state index in [4.69, 9.17) is 38.5 Å². The van der Waals surface area contributed by atoms with E-state index in [9.17, 15) is 19.2 Å². The van der Waals surface area contributed by atoms with E-state index in [0.717, 1.165) is 98.1 Å². The highest BCUT2D eigenvalue weighted by atomic mass is 32.1. The maximum absolute atomic E-state index is 13.7. The number of carbonyl (C=O) groups excluding carboxylic acids is 4. The number of unbranched alkanes of at least 4 members (excludes halogenated alkanes) is 15. The average Bonchev–Trinajstić information content (AvgIpc) is 3.84. The lowest BCUT2D eigenvalue weighted by Gasteiger charge is -2.16. The van der Waals surface area contributed by atoms with Gasteiger partial charge in [0, 0.05) is 24.3 Å². The van der Waals surface area contributed by atoms with Gasteiger partial charge in [0.1, 0.15) is 23.0 Å². The molecule has 0 saturated heterocycles. The lowest BCUT2D eigenvalue weighted by Crippen LogP contribution is -2.18. The van der Waals surface area contributed by atoms with Gasteiger partial charge in [0.15, 0.2) is 0 Å². The van der Waals surface area contributed by atoms with Crippen molar-refractivity contribution in [1.82, 2.24) is 4.98 Å². The van der Waals surface area contributed by atoms with E-state index >= 15 is 0 Å². The maximum Gasteiger partial charge on any atom is 0.343 e. The zero-order chi connectivity index (χ0) is 51.0. The van der Waals surface area contributed by atoms with Crippen LogP contribution in [0.15, 0.2) is 121 Å². The molecule has 4 aromatic carbocycles. The van der Waals surface area contributed by atoms with Crippen molar-refractivity contribution >= 4 is 56.8 Å². The predicted molar refractivity (Wildman–Crippen MR) is 286 cm³/mol. The quantitative estimate of drug-likeness (QED) is 0.00937. The van der Waals surface area contributed by atoms with Crippen LogP contribution in [-0.2, 0) is 19.1 Å². The smallest absolute Gasteiger partial charge is 0.343 e. The fraction of sp³-hybridized carbons (Fsp3) is 0.414. The standard InChI is InChI=1S/C58H71N3O10S/c1-4-7-8-9-10-11-12-13-14-21-38-61(58-60-51-26-19-20-27-53(51)72-58)59-44-47-43-50(70-56(64)45-28-32-48(33-29-45)66-39-22-15-17-24-41-68-54(62)5-2)36-37-52(47)71-57(65)46-30-34-49(35-31-46)67-40-23-16-18-25-42-69-55(63)6-3/h5-6,19-20,26-37,43-44H,2-4,7-18,21-25,38-42H2,1H3. The molecule has 14 heteroatoms. The Balaban J connectivity index is 1.25. The summed E-state index contributed by atoms with van der Waals surface area (Å²) < 4.78 is 34.8. The van der Waals surface area contributed by atoms with Crippen LogP contribution in [0.25, 0.3) is 10.2 Å². The lowest BCUT2D eigenvalue weighted by atomic mass is 10.1. The van der Waals surface area contributed by atoms with E-state index in [1.54, 1.807) is 84.3 Å². The number of thiazole rings is 1. The van der Waals surface area contributed by atoms with Gasteiger partial charge in [-0.2, -0.15) is 5.10 Å². The first-order valence-electron chi connectivity index (χ1n) is 25.6. The molecule has 0 atom stereocenters. The molecule has 5 aromatic rings. The Labute approximate surface area is 429 Å². The Morgan fingerprint density at radius 3 is 1.60 bits per heavy atom. The minimum absolute atomic E-state index is 0.226. The normalized spacial score (nSPS) is 11.0. The average molecular weight is 1000 g/mol. The van der Waals surface area contributed by atoms with Crippen LogP contribution < -0.4 is 24.0 Å². The number of rotatable bonds is 36. The molecule has 0 spiro atoms. The topological polar surface area (TPSA) is 152 Å². The summed E-state index contributed by atoms with van der Waals surface area (Å²) in [6, 6.07) is 26.3. The Kier molecular flexibility index (Phi) is 25.7. The monoisotopic (exact) mass is 1000 g/mol. The second-order valence-corrected chi connectivity index (χ2v) is 18.3. The van der Waals surface area contributed by atoms with Crippen molar-refractivity contribution in [1.29, 1.82) is 0 Å². The van der Waals surface area contributed by atoms with E-state index < -0.39 is 23.9 Å². The molecule has 0 aliphatic heterocycles. The molecule has 13 nitrogen and oxygen atoms in total. The molecular weight excluding hydrogens is 931 g/mol. The van der Waals surface area contributed by atoms with E-state index in [-0.39, 0.29) is 11.5 Å². The van der Waals surface area contributed by atoms with Gasteiger partial charge in [0.2, 0.25) is 5.13 Å². The van der Waals surface area contributed by atoms with Crippen LogP contribution in [0.1, 0.15) is 149 Å². The molecule has 1 heterocycles. The molecule has 5 rings (SSSR count). The van der Waals surface area contributed by atoms with Crippen LogP contribution >= 0.6 is 11.3 Å². The summed E-state index contributed by atoms with van der Waals surface area (Å²) in [4.78, 5) is 54.4. The summed E-state index contributed by atoms with van der Waals surface area (Å²) in [6.07, 6.45) is 22.9. The zero-order valence-corrected chi connectivity index (χ0v) is 42.7. The van der Waals surface area contributed by atoms with E-state index in [2.05, 4.69) is 20.1 Å². The molecule has 384 valence electrons. The third kappa shape index (κ3) is 20.9. The highest BCUT2D eigenvalue weighted by Crippen LogP contribution is 2.31. The summed E-state index contributed by atoms with van der Waals surface area (Å²) in [5.41, 5.74) is 1.96. The Bertz CT molecular complexity index is 2440. The second-order valence-electron chi connectivity index (χ2n) is 17.3. The number of anilines is 1. The van der Waals surface area contributed by atoms with Crippen molar-refractivity contribution in [2.45, 2.75) is 122 Å². The van der Waals surface area contributed by atoms with Gasteiger partial charge in [-0.3, -0.25) is 0 Å². The Morgan fingerprint density at radius 2 is 1.06 bits per heavy atom. The molecule has 0 amide bonds. The van der Waals surface area contributed by atoms with Crippen molar-refractivity contribution < 1.29 is 47.6 Å². The largest absolute Gasteiger partial charge is 0.494 e. The van der Waals surface area contributed by atoms with Gasteiger partial charge in [0.05, 0.1) is 54.0 Å². The highest BCUT2D eigenvalue weighted by molar-refractivity contribution is 7.22. The van der Waals surface area contributed by atoms with Crippen molar-refractivity contribution in [2.24, 2.45) is 5.10 Å². The number of benzene rings is 4. The molecule has 0 fully saturated rings. The van der Waals surface area contributed by atoms with Crippen LogP contribution in [0, 0.1) is 0 Å². The number of hydrogen-bond donors (Lipinski definition) is 0. The molecule has 0 saturated carbocycles. The first-order valence-corrected chi connectivity index (χ1v) is 26.4. The number of fused-ring (bicyclic) bond motifs is 1. The number of esters is 4. The van der Waals surface area contributed by atoms with Crippen molar-refractivity contribution in [3.05, 3.63) is 133 Å². The molecular formula is C58H71N3O10S. The molecule has 0 aliphatic carbocycles. The molecule has 0 N–H and O–H groups in total. The fourth-order valence-corrected chi connectivity index (χ4v) is 8.45. The number of nitrogens with zero attached hydrogens (tertiary/aromatic N) is 3. The summed E-state index contributed by atoms with van der Waals surface area (Å²) in [5, 5.41) is 7.59. The van der Waals surface area contributed by atoms with Crippen LogP contribution in [0.5, 0.6) is 23.0 Å². The number of para-hydroxylation sites is 1. The van der Waals surface area contributed by atoms with Crippen LogP contribution in [0.2, 0.25) is 0 Å². The second kappa shape index (κ2) is 33.0. The molecule has 1 aromatic heterocycles. The first-order chi connectivity index (χ1) is 35.3. The number of ether oxygens (including phenoxy) is 6. The van der Waals surface area contributed by atoms with Gasteiger partial charge in [-0.15, -0.1) is 0 Å². The summed E-state index contributed by atoms with van der Waals surface area (Å²) in [7, 11) is 0. The predicted octanol–water partition coefficient (Wildman–Crippen LogP) is 13.8. The lowest BCUT2D eigenvalue weighted by molar-refractivity contribution is -0.138. The summed E-state index contributed by atoms with van der Waals surface area (Å²) in [6.45, 7) is 11.4. The van der Waals surface area contributed by atoms with E-state index in [0.29, 0.717) is 61.2 Å². The highest BCUT2D eigenvalue weighted by Gasteiger charge is 2.17. The third-order valence-corrected chi connectivity index (χ3v) is 12.6. The van der Waals surface area contributed by atoms with Crippen LogP contribution in [-0.4, -0.2) is 68.0 Å². The molecule has 0 unspecified atom stereocenters. The van der Waals surface area contributed by atoms with Crippen molar-refractivity contribution in [2.75, 3.05) is 38.0 Å². The molecule has 0 bridgehead atoms. The molecule has 0 radical (unpaired) electrons. The van der Waals surface area contributed by atoms with Crippen molar-refractivity contribution in [3.8, 4) is 23.0 Å². The van der Waals surface area contributed by atoms with E-state index in [1.807, 2.05) is 29.3 Å². The fourth-order valence-electron chi connectivity index (χ4n) is 7.50. The van der Waals surface area contributed by atoms with Gasteiger partial charge in [-0.1, -0.05) is 101 Å². The zero-order valence-electron chi connectivity index (χ0n) is 41.9. The van der Waals surface area contributed by atoms with Gasteiger partial charge in [-0.25, -0.2) is 29.2 Å². The minimum Gasteiger partial charge on any atom is -0.494 e. The number of aromatic nitrogens is 1. The van der Waals surface area contributed by atoms with Gasteiger partial charge >= 0.3 is 23.9 Å².